The summed E-state index contributed by atoms with van der Waals surface area (Å²) in [5.41, 5.74) is 1.24. The zero-order valence-corrected chi connectivity index (χ0v) is 25.1. The molecule has 3 aliphatic rings. The van der Waals surface area contributed by atoms with Gasteiger partial charge in [0.05, 0.1) is 46.5 Å². The maximum Gasteiger partial charge on any atom is 0.310 e. The molecule has 6 atom stereocenters. The van der Waals surface area contributed by atoms with Crippen molar-refractivity contribution in [1.29, 1.82) is 0 Å². The number of aliphatic hydroxyl groups is 1. The maximum absolute atomic E-state index is 14.8. The number of ether oxygens (including phenoxy) is 1. The molecule has 2 amide bonds. The highest BCUT2D eigenvalue weighted by Crippen LogP contribution is 2.67. The van der Waals surface area contributed by atoms with Gasteiger partial charge >= 0.3 is 5.97 Å². The van der Waals surface area contributed by atoms with E-state index >= 15 is 0 Å². The molecule has 2 aromatic rings. The monoisotopic (exact) mass is 608 g/mol. The zero-order chi connectivity index (χ0) is 29.9. The maximum atomic E-state index is 14.8. The van der Waals surface area contributed by atoms with Crippen LogP contribution in [0.15, 0.2) is 79.9 Å². The van der Waals surface area contributed by atoms with Crippen LogP contribution in [-0.2, 0) is 19.1 Å². The van der Waals surface area contributed by atoms with Crippen LogP contribution in [0.3, 0.4) is 0 Å². The molecule has 0 aliphatic carbocycles. The number of rotatable bonds is 13. The lowest BCUT2D eigenvalue weighted by Gasteiger charge is -2.39. The molecule has 5 rings (SSSR count). The fourth-order valence-corrected chi connectivity index (χ4v) is 9.34. The van der Waals surface area contributed by atoms with E-state index in [4.69, 9.17) is 16.3 Å². The van der Waals surface area contributed by atoms with Crippen molar-refractivity contribution < 1.29 is 24.2 Å². The van der Waals surface area contributed by atoms with E-state index in [1.54, 1.807) is 51.9 Å². The summed E-state index contributed by atoms with van der Waals surface area (Å²) in [6.45, 7) is 7.68. The van der Waals surface area contributed by atoms with E-state index in [1.807, 2.05) is 36.4 Å². The molecule has 0 saturated carbocycles. The summed E-state index contributed by atoms with van der Waals surface area (Å²) in [7, 11) is 0. The highest BCUT2D eigenvalue weighted by Gasteiger charge is 2.75. The Hall–Kier alpha value is -3.07. The molecule has 7 nitrogen and oxygen atoms in total. The number of fused-ring (bicyclic) bond motifs is 1. The number of anilines is 1. The molecule has 0 aromatic heterocycles. The van der Waals surface area contributed by atoms with Gasteiger partial charge in [0.2, 0.25) is 5.91 Å². The molecular formula is C33H37ClN2O5S. The van der Waals surface area contributed by atoms with Gasteiger partial charge in [-0.2, -0.15) is 0 Å². The van der Waals surface area contributed by atoms with Crippen molar-refractivity contribution in [3.05, 3.63) is 90.5 Å². The number of esters is 1. The summed E-state index contributed by atoms with van der Waals surface area (Å²) in [5.74, 6) is -2.37. The van der Waals surface area contributed by atoms with Crippen molar-refractivity contribution >= 4 is 46.8 Å². The molecule has 222 valence electrons. The first-order chi connectivity index (χ1) is 20.4. The van der Waals surface area contributed by atoms with Gasteiger partial charge in [0, 0.05) is 11.8 Å². The standard InChI is InChI=1S/C33H37ClN2O5S/c1-3-5-6-12-20-41-32(40)27-26-17-18-33(42-26)28(27)30(38)36(25(21-37)22-13-8-7-9-14-22)29(33)31(39)35(19-4-2)24-16-11-10-15-23(24)34/h3-4,7-11,13-16,25-29,37H,1-2,5-6,12,17-21H2/t25-,26-,27+,28+,29?,33?/m1/s1. The number of carbonyl (C=O) groups excluding carboxylic acids is 3. The Balaban J connectivity index is 1.56. The van der Waals surface area contributed by atoms with Gasteiger partial charge < -0.3 is 19.6 Å². The molecule has 3 saturated heterocycles. The van der Waals surface area contributed by atoms with E-state index in [2.05, 4.69) is 13.2 Å². The van der Waals surface area contributed by atoms with Crippen LogP contribution in [0.2, 0.25) is 5.02 Å². The number of amides is 2. The molecule has 1 spiro atoms. The number of hydrogen-bond acceptors (Lipinski definition) is 6. The largest absolute Gasteiger partial charge is 0.465 e. The Morgan fingerprint density at radius 2 is 1.88 bits per heavy atom. The fraction of sp³-hybridized carbons (Fsp3) is 0.424. The van der Waals surface area contributed by atoms with Gasteiger partial charge in [-0.25, -0.2) is 0 Å². The number of benzene rings is 2. The van der Waals surface area contributed by atoms with Crippen molar-refractivity contribution in [2.24, 2.45) is 11.8 Å². The number of carbonyl (C=O) groups is 3. The normalized spacial score (nSPS) is 26.5. The smallest absolute Gasteiger partial charge is 0.310 e. The molecule has 1 N–H and O–H groups in total. The number of unbranched alkanes of at least 4 members (excludes halogenated alkanes) is 2. The highest BCUT2D eigenvalue weighted by atomic mass is 35.5. The van der Waals surface area contributed by atoms with E-state index in [9.17, 15) is 19.5 Å². The topological polar surface area (TPSA) is 87.1 Å². The second-order valence-electron chi connectivity index (χ2n) is 11.1. The van der Waals surface area contributed by atoms with Gasteiger partial charge in [-0.1, -0.05) is 66.2 Å². The van der Waals surface area contributed by atoms with Gasteiger partial charge in [0.15, 0.2) is 0 Å². The first-order valence-corrected chi connectivity index (χ1v) is 15.8. The number of halogens is 1. The molecule has 42 heavy (non-hydrogen) atoms. The quantitative estimate of drug-likeness (QED) is 0.181. The minimum absolute atomic E-state index is 0.116. The third-order valence-electron chi connectivity index (χ3n) is 8.71. The predicted octanol–water partition coefficient (Wildman–Crippen LogP) is 5.58. The Labute approximate surface area is 256 Å². The van der Waals surface area contributed by atoms with Crippen molar-refractivity contribution in [3.8, 4) is 0 Å². The average molecular weight is 609 g/mol. The number of likely N-dealkylation sites (tertiary alicyclic amines) is 1. The fourth-order valence-electron chi connectivity index (χ4n) is 6.92. The zero-order valence-electron chi connectivity index (χ0n) is 23.6. The lowest BCUT2D eigenvalue weighted by molar-refractivity contribution is -0.154. The summed E-state index contributed by atoms with van der Waals surface area (Å²) in [4.78, 5) is 46.0. The summed E-state index contributed by atoms with van der Waals surface area (Å²) in [6.07, 6.45) is 7.20. The summed E-state index contributed by atoms with van der Waals surface area (Å²) >= 11 is 8.14. The Morgan fingerprint density at radius 3 is 2.57 bits per heavy atom. The molecule has 3 heterocycles. The lowest BCUT2D eigenvalue weighted by Crippen LogP contribution is -2.56. The van der Waals surface area contributed by atoms with Gasteiger partial charge in [-0.05, 0) is 49.8 Å². The number of aliphatic hydroxyl groups excluding tert-OH is 1. The summed E-state index contributed by atoms with van der Waals surface area (Å²) in [6, 6.07) is 14.6. The van der Waals surface area contributed by atoms with Crippen LogP contribution in [0.5, 0.6) is 0 Å². The molecule has 2 unspecified atom stereocenters. The number of hydrogen-bond donors (Lipinski definition) is 1. The molecule has 3 aliphatic heterocycles. The third kappa shape index (κ3) is 5.29. The molecular weight excluding hydrogens is 572 g/mol. The number of nitrogens with zero attached hydrogens (tertiary/aromatic N) is 2. The van der Waals surface area contributed by atoms with Crippen LogP contribution < -0.4 is 4.90 Å². The SMILES string of the molecule is C=CCCCCOC(=O)[C@@H]1[C@H]2C(=O)N([C@H](CO)c3ccccc3)C(C(=O)N(CC=C)c3ccccc3Cl)C23CC[C@H]1S3. The first kappa shape index (κ1) is 30.4. The number of thioether (sulfide) groups is 1. The molecule has 0 radical (unpaired) electrons. The van der Waals surface area contributed by atoms with Gasteiger partial charge in [0.1, 0.15) is 6.04 Å². The Morgan fingerprint density at radius 1 is 1.14 bits per heavy atom. The predicted molar refractivity (Wildman–Crippen MR) is 166 cm³/mol. The van der Waals surface area contributed by atoms with Crippen LogP contribution in [0.1, 0.15) is 43.7 Å². The summed E-state index contributed by atoms with van der Waals surface area (Å²) in [5, 5.41) is 11.0. The van der Waals surface area contributed by atoms with E-state index < -0.39 is 28.7 Å². The van der Waals surface area contributed by atoms with Crippen LogP contribution in [-0.4, -0.2) is 63.6 Å². The van der Waals surface area contributed by atoms with E-state index in [-0.39, 0.29) is 42.8 Å². The van der Waals surface area contributed by atoms with Crippen molar-refractivity contribution in [2.45, 2.75) is 54.2 Å². The minimum Gasteiger partial charge on any atom is -0.465 e. The van der Waals surface area contributed by atoms with Crippen molar-refractivity contribution in [3.63, 3.8) is 0 Å². The minimum atomic E-state index is -0.927. The van der Waals surface area contributed by atoms with Gasteiger partial charge in [0.25, 0.3) is 5.91 Å². The van der Waals surface area contributed by atoms with Crippen molar-refractivity contribution in [1.82, 2.24) is 4.90 Å². The molecule has 2 aromatic carbocycles. The second-order valence-corrected chi connectivity index (χ2v) is 13.1. The van der Waals surface area contributed by atoms with Crippen LogP contribution in [0.4, 0.5) is 5.69 Å². The lowest BCUT2D eigenvalue weighted by atomic mass is 9.71. The Kier molecular flexibility index (Phi) is 9.45. The van der Waals surface area contributed by atoms with Crippen molar-refractivity contribution in [2.75, 3.05) is 24.7 Å². The number of allylic oxidation sites excluding steroid dienone is 1. The van der Waals surface area contributed by atoms with Gasteiger partial charge in [-0.15, -0.1) is 24.9 Å². The third-order valence-corrected chi connectivity index (χ3v) is 11.0. The van der Waals surface area contributed by atoms with Gasteiger partial charge in [-0.3, -0.25) is 14.4 Å². The van der Waals surface area contributed by atoms with E-state index in [0.29, 0.717) is 30.0 Å². The molecule has 2 bridgehead atoms. The average Bonchev–Trinajstić information content (AvgIpc) is 3.64. The van der Waals surface area contributed by atoms with Crippen LogP contribution in [0, 0.1) is 11.8 Å². The second kappa shape index (κ2) is 13.1. The van der Waals surface area contributed by atoms with E-state index in [0.717, 1.165) is 18.4 Å². The highest BCUT2D eigenvalue weighted by molar-refractivity contribution is 8.02. The first-order valence-electron chi connectivity index (χ1n) is 14.5. The van der Waals surface area contributed by atoms with Crippen LogP contribution >= 0.6 is 23.4 Å². The Bertz CT molecular complexity index is 1340. The molecule has 3 fully saturated rings. The molecule has 9 heteroatoms. The van der Waals surface area contributed by atoms with E-state index in [1.165, 1.54) is 0 Å². The number of para-hydroxylation sites is 1. The summed E-state index contributed by atoms with van der Waals surface area (Å²) < 4.78 is 4.88. The van der Waals surface area contributed by atoms with Crippen LogP contribution in [0.25, 0.3) is 0 Å².